The van der Waals surface area contributed by atoms with Gasteiger partial charge in [0, 0.05) is 30.6 Å². The van der Waals surface area contributed by atoms with Crippen molar-refractivity contribution in [2.45, 2.75) is 56.8 Å². The highest BCUT2D eigenvalue weighted by Gasteiger charge is 2.46. The summed E-state index contributed by atoms with van der Waals surface area (Å²) in [4.78, 5) is 46.7. The zero-order valence-corrected chi connectivity index (χ0v) is 20.8. The highest BCUT2D eigenvalue weighted by molar-refractivity contribution is 5.90. The standard InChI is InChI=1S/C28H27N5O5/c1-29-18-5-3-17-4-10-27(35)32(23(17)13-18)12-2-11-30-19-6-7-22-25(14-19)38-28(36)33(22)26-9-8-24-21(31-26)15-20(34)16-37-24/h3-5,8-10,13,19,22,25,30H,2,6-7,11-12,14-16H2/t19-,22-,25-/m0/s1. The maximum Gasteiger partial charge on any atom is 0.416 e. The minimum absolute atomic E-state index is 0.0333. The monoisotopic (exact) mass is 513 g/mol. The third-order valence-corrected chi connectivity index (χ3v) is 7.55. The molecule has 0 radical (unpaired) electrons. The summed E-state index contributed by atoms with van der Waals surface area (Å²) >= 11 is 0. The average Bonchev–Trinajstić information content (AvgIpc) is 3.26. The smallest absolute Gasteiger partial charge is 0.416 e. The number of Topliss-reactive ketones (excluding diaryl/α,β-unsaturated/α-hetero) is 1. The SMILES string of the molecule is [C-]#[N+]c1ccc2ccc(=O)n(CCCN[C@H]3CC[C@H]4[C@H](C3)OC(=O)N4c3ccc4c(n3)CC(=O)CO4)c2c1. The Kier molecular flexibility index (Phi) is 6.29. The summed E-state index contributed by atoms with van der Waals surface area (Å²) in [6.07, 6.45) is 2.65. The molecule has 2 aromatic heterocycles. The molecule has 0 spiro atoms. The maximum absolute atomic E-state index is 12.8. The summed E-state index contributed by atoms with van der Waals surface area (Å²) in [7, 11) is 0. The molecule has 2 fully saturated rings. The van der Waals surface area contributed by atoms with Crippen LogP contribution < -0.4 is 20.5 Å². The van der Waals surface area contributed by atoms with E-state index in [1.807, 2.05) is 6.07 Å². The van der Waals surface area contributed by atoms with Gasteiger partial charge in [0.05, 0.1) is 24.7 Å². The number of carbonyl (C=O) groups excluding carboxylic acids is 2. The fourth-order valence-electron chi connectivity index (χ4n) is 5.69. The second-order valence-electron chi connectivity index (χ2n) is 9.97. The number of anilines is 1. The first-order valence-electron chi connectivity index (χ1n) is 12.9. The molecule has 1 amide bonds. The molecule has 3 aliphatic rings. The number of ether oxygens (including phenoxy) is 2. The number of amides is 1. The molecule has 10 heteroatoms. The molecule has 1 aromatic carbocycles. The van der Waals surface area contributed by atoms with Crippen molar-refractivity contribution in [3.05, 3.63) is 69.9 Å². The Balaban J connectivity index is 1.06. The lowest BCUT2D eigenvalue weighted by Gasteiger charge is -2.33. The summed E-state index contributed by atoms with van der Waals surface area (Å²) in [5, 5.41) is 4.50. The first-order chi connectivity index (χ1) is 18.5. The highest BCUT2D eigenvalue weighted by Crippen LogP contribution is 2.36. The van der Waals surface area contributed by atoms with Crippen LogP contribution in [0.15, 0.2) is 47.3 Å². The van der Waals surface area contributed by atoms with Crippen molar-refractivity contribution in [3.63, 3.8) is 0 Å². The van der Waals surface area contributed by atoms with Gasteiger partial charge in [-0.25, -0.2) is 14.6 Å². The van der Waals surface area contributed by atoms with Crippen LogP contribution in [0, 0.1) is 6.57 Å². The molecule has 194 valence electrons. The van der Waals surface area contributed by atoms with Gasteiger partial charge in [-0.3, -0.25) is 14.5 Å². The molecule has 3 aromatic rings. The lowest BCUT2D eigenvalue weighted by molar-refractivity contribution is -0.121. The van der Waals surface area contributed by atoms with Crippen molar-refractivity contribution in [2.75, 3.05) is 18.1 Å². The van der Waals surface area contributed by atoms with Crippen LogP contribution in [0.2, 0.25) is 0 Å². The number of aromatic nitrogens is 2. The van der Waals surface area contributed by atoms with Crippen LogP contribution in [0.4, 0.5) is 16.3 Å². The normalized spacial score (nSPS) is 22.4. The molecule has 1 saturated carbocycles. The van der Waals surface area contributed by atoms with Crippen LogP contribution in [0.25, 0.3) is 15.7 Å². The quantitative estimate of drug-likeness (QED) is 0.398. The van der Waals surface area contributed by atoms with Crippen LogP contribution >= 0.6 is 0 Å². The molecular weight excluding hydrogens is 486 g/mol. The summed E-state index contributed by atoms with van der Waals surface area (Å²) in [6, 6.07) is 12.4. The van der Waals surface area contributed by atoms with Gasteiger partial charge in [0.1, 0.15) is 24.3 Å². The molecular formula is C28H27N5O5. The van der Waals surface area contributed by atoms with Gasteiger partial charge >= 0.3 is 6.09 Å². The van der Waals surface area contributed by atoms with Crippen molar-refractivity contribution in [1.29, 1.82) is 0 Å². The predicted molar refractivity (Wildman–Crippen MR) is 140 cm³/mol. The molecule has 38 heavy (non-hydrogen) atoms. The van der Waals surface area contributed by atoms with Crippen LogP contribution in [0.3, 0.4) is 0 Å². The second kappa shape index (κ2) is 9.91. The Bertz CT molecular complexity index is 1530. The number of hydrogen-bond acceptors (Lipinski definition) is 7. The number of aryl methyl sites for hydroxylation is 1. The summed E-state index contributed by atoms with van der Waals surface area (Å²) in [5.74, 6) is 1.05. The minimum Gasteiger partial charge on any atom is -0.484 e. The number of nitrogens with zero attached hydrogens (tertiary/aromatic N) is 4. The van der Waals surface area contributed by atoms with E-state index in [9.17, 15) is 14.4 Å². The molecule has 3 atom stereocenters. The lowest BCUT2D eigenvalue weighted by atomic mass is 9.88. The van der Waals surface area contributed by atoms with E-state index >= 15 is 0 Å². The first-order valence-corrected chi connectivity index (χ1v) is 12.9. The molecule has 4 heterocycles. The Morgan fingerprint density at radius 1 is 1.11 bits per heavy atom. The van der Waals surface area contributed by atoms with Crippen LogP contribution in [0.1, 0.15) is 31.4 Å². The van der Waals surface area contributed by atoms with Crippen molar-refractivity contribution in [3.8, 4) is 5.75 Å². The van der Waals surface area contributed by atoms with Gasteiger partial charge in [-0.15, -0.1) is 0 Å². The number of fused-ring (bicyclic) bond motifs is 3. The van der Waals surface area contributed by atoms with Crippen LogP contribution in [0.5, 0.6) is 5.75 Å². The van der Waals surface area contributed by atoms with Gasteiger partial charge in [-0.2, -0.15) is 0 Å². The summed E-state index contributed by atoms with van der Waals surface area (Å²) in [5.41, 5.74) is 1.77. The van der Waals surface area contributed by atoms with Gasteiger partial charge in [0.15, 0.2) is 11.5 Å². The molecule has 1 aliphatic carbocycles. The van der Waals surface area contributed by atoms with Crippen molar-refractivity contribution >= 4 is 34.3 Å². The Morgan fingerprint density at radius 3 is 2.84 bits per heavy atom. The topological polar surface area (TPSA) is 107 Å². The van der Waals surface area contributed by atoms with Gasteiger partial charge in [-0.1, -0.05) is 12.1 Å². The van der Waals surface area contributed by atoms with Gasteiger partial charge in [0.25, 0.3) is 5.56 Å². The minimum atomic E-state index is -0.412. The van der Waals surface area contributed by atoms with Crippen molar-refractivity contribution in [2.24, 2.45) is 0 Å². The average molecular weight is 514 g/mol. The van der Waals surface area contributed by atoms with E-state index in [-0.39, 0.29) is 42.6 Å². The molecule has 2 aliphatic heterocycles. The maximum atomic E-state index is 12.8. The third-order valence-electron chi connectivity index (χ3n) is 7.55. The predicted octanol–water partition coefficient (Wildman–Crippen LogP) is 3.38. The van der Waals surface area contributed by atoms with Gasteiger partial charge < -0.3 is 19.4 Å². The fourth-order valence-corrected chi connectivity index (χ4v) is 5.69. The van der Waals surface area contributed by atoms with Crippen LogP contribution in [-0.2, 0) is 22.5 Å². The number of ketones is 1. The van der Waals surface area contributed by atoms with Gasteiger partial charge in [-0.05, 0) is 55.5 Å². The van der Waals surface area contributed by atoms with Gasteiger partial charge in [0.2, 0.25) is 0 Å². The number of hydrogen-bond donors (Lipinski definition) is 1. The number of rotatable bonds is 6. The Labute approximate surface area is 219 Å². The largest absolute Gasteiger partial charge is 0.484 e. The van der Waals surface area contributed by atoms with Crippen molar-refractivity contribution < 1.29 is 19.1 Å². The lowest BCUT2D eigenvalue weighted by Crippen LogP contribution is -2.46. The summed E-state index contributed by atoms with van der Waals surface area (Å²) in [6.45, 7) is 8.58. The Hall–Kier alpha value is -4.23. The summed E-state index contributed by atoms with van der Waals surface area (Å²) < 4.78 is 12.9. The zero-order chi connectivity index (χ0) is 26.2. The third kappa shape index (κ3) is 4.50. The van der Waals surface area contributed by atoms with E-state index in [0.717, 1.165) is 30.2 Å². The zero-order valence-electron chi connectivity index (χ0n) is 20.8. The molecule has 1 N–H and O–H groups in total. The van der Waals surface area contributed by atoms with E-state index < -0.39 is 6.09 Å². The molecule has 10 nitrogen and oxygen atoms in total. The van der Waals surface area contributed by atoms with E-state index in [4.69, 9.17) is 16.0 Å². The second-order valence-corrected chi connectivity index (χ2v) is 9.97. The van der Waals surface area contributed by atoms with E-state index in [1.165, 1.54) is 0 Å². The number of nitrogens with one attached hydrogen (secondary N) is 1. The van der Waals surface area contributed by atoms with Crippen LogP contribution in [-0.4, -0.2) is 52.8 Å². The first kappa shape index (κ1) is 24.1. The van der Waals surface area contributed by atoms with E-state index in [1.54, 1.807) is 45.9 Å². The highest BCUT2D eigenvalue weighted by atomic mass is 16.6. The van der Waals surface area contributed by atoms with E-state index in [2.05, 4.69) is 15.1 Å². The molecule has 1 saturated heterocycles. The molecule has 0 unspecified atom stereocenters. The Morgan fingerprint density at radius 2 is 1.97 bits per heavy atom. The molecule has 0 bridgehead atoms. The van der Waals surface area contributed by atoms with Crippen molar-refractivity contribution in [1.82, 2.24) is 14.9 Å². The number of pyridine rings is 2. The fraction of sp³-hybridized carbons (Fsp3) is 0.393. The molecule has 6 rings (SSSR count). The number of carbonyl (C=O) groups is 2. The van der Waals surface area contributed by atoms with E-state index in [0.29, 0.717) is 42.5 Å². The number of benzene rings is 1.